The lowest BCUT2D eigenvalue weighted by atomic mass is 10.2. The normalized spacial score (nSPS) is 10.6. The maximum atomic E-state index is 11.9. The van der Waals surface area contributed by atoms with Gasteiger partial charge in [-0.3, -0.25) is 9.78 Å². The summed E-state index contributed by atoms with van der Waals surface area (Å²) in [6.07, 6.45) is 2.76. The Morgan fingerprint density at radius 3 is 2.55 bits per heavy atom. The molecule has 0 aliphatic heterocycles. The SMILES string of the molecule is CN(C)Cc1ccc(NC(=O)c2cncc(Cl)n2)cc1. The zero-order valence-electron chi connectivity index (χ0n) is 11.3. The highest BCUT2D eigenvalue weighted by Gasteiger charge is 2.08. The van der Waals surface area contributed by atoms with Gasteiger partial charge in [-0.25, -0.2) is 4.98 Å². The molecule has 2 aromatic rings. The minimum atomic E-state index is -0.333. The molecule has 5 nitrogen and oxygen atoms in total. The van der Waals surface area contributed by atoms with Gasteiger partial charge in [-0.2, -0.15) is 0 Å². The van der Waals surface area contributed by atoms with Crippen molar-refractivity contribution in [1.29, 1.82) is 0 Å². The third-order valence-electron chi connectivity index (χ3n) is 2.55. The van der Waals surface area contributed by atoms with Gasteiger partial charge in [0.1, 0.15) is 10.8 Å². The number of halogens is 1. The topological polar surface area (TPSA) is 58.1 Å². The van der Waals surface area contributed by atoms with Crippen molar-refractivity contribution in [2.24, 2.45) is 0 Å². The fraction of sp³-hybridized carbons (Fsp3) is 0.214. The first-order valence-corrected chi connectivity index (χ1v) is 6.45. The van der Waals surface area contributed by atoms with Crippen molar-refractivity contribution in [2.75, 3.05) is 19.4 Å². The Labute approximate surface area is 122 Å². The predicted octanol–water partition coefficient (Wildman–Crippen LogP) is 2.44. The summed E-state index contributed by atoms with van der Waals surface area (Å²) >= 11 is 5.70. The fourth-order valence-corrected chi connectivity index (χ4v) is 1.85. The van der Waals surface area contributed by atoms with Crippen molar-refractivity contribution >= 4 is 23.2 Å². The highest BCUT2D eigenvalue weighted by molar-refractivity contribution is 6.29. The van der Waals surface area contributed by atoms with E-state index in [1.807, 2.05) is 38.4 Å². The molecule has 0 aliphatic carbocycles. The quantitative estimate of drug-likeness (QED) is 0.940. The number of carbonyl (C=O) groups is 1. The number of aromatic nitrogens is 2. The summed E-state index contributed by atoms with van der Waals surface area (Å²) in [6.45, 7) is 0.855. The lowest BCUT2D eigenvalue weighted by Crippen LogP contribution is -2.14. The van der Waals surface area contributed by atoms with E-state index >= 15 is 0 Å². The number of benzene rings is 1. The summed E-state index contributed by atoms with van der Waals surface area (Å²) in [7, 11) is 4.01. The average molecular weight is 291 g/mol. The van der Waals surface area contributed by atoms with Gasteiger partial charge in [0, 0.05) is 12.2 Å². The van der Waals surface area contributed by atoms with Crippen molar-refractivity contribution in [1.82, 2.24) is 14.9 Å². The Balaban J connectivity index is 2.04. The second kappa shape index (κ2) is 6.45. The van der Waals surface area contributed by atoms with Gasteiger partial charge in [-0.1, -0.05) is 23.7 Å². The molecule has 104 valence electrons. The molecule has 0 saturated heterocycles. The van der Waals surface area contributed by atoms with E-state index in [9.17, 15) is 4.79 Å². The summed E-state index contributed by atoms with van der Waals surface area (Å²) in [4.78, 5) is 21.8. The molecule has 1 amide bonds. The van der Waals surface area contributed by atoms with Gasteiger partial charge in [0.05, 0.1) is 12.4 Å². The number of amides is 1. The zero-order chi connectivity index (χ0) is 14.5. The van der Waals surface area contributed by atoms with Crippen LogP contribution in [0.2, 0.25) is 5.15 Å². The van der Waals surface area contributed by atoms with E-state index in [2.05, 4.69) is 20.2 Å². The highest BCUT2D eigenvalue weighted by atomic mass is 35.5. The van der Waals surface area contributed by atoms with Crippen molar-refractivity contribution in [3.63, 3.8) is 0 Å². The van der Waals surface area contributed by atoms with Crippen LogP contribution in [0.25, 0.3) is 0 Å². The van der Waals surface area contributed by atoms with Crippen molar-refractivity contribution in [3.8, 4) is 0 Å². The first kappa shape index (κ1) is 14.4. The standard InChI is InChI=1S/C14H15ClN4O/c1-19(2)9-10-3-5-11(6-4-10)17-14(20)12-7-16-8-13(15)18-12/h3-8H,9H2,1-2H3,(H,17,20). The molecule has 6 heteroatoms. The number of hydrogen-bond acceptors (Lipinski definition) is 4. The molecular weight excluding hydrogens is 276 g/mol. The Morgan fingerprint density at radius 2 is 1.95 bits per heavy atom. The molecule has 0 aliphatic rings. The second-order valence-corrected chi connectivity index (χ2v) is 5.00. The van der Waals surface area contributed by atoms with Crippen LogP contribution in [0.15, 0.2) is 36.7 Å². The monoisotopic (exact) mass is 290 g/mol. The van der Waals surface area contributed by atoms with Crippen LogP contribution in [-0.4, -0.2) is 34.9 Å². The van der Waals surface area contributed by atoms with Gasteiger partial charge in [-0.05, 0) is 31.8 Å². The molecule has 0 spiro atoms. The highest BCUT2D eigenvalue weighted by Crippen LogP contribution is 2.12. The molecule has 1 heterocycles. The molecule has 1 aromatic carbocycles. The molecule has 0 unspecified atom stereocenters. The zero-order valence-corrected chi connectivity index (χ0v) is 12.1. The molecule has 20 heavy (non-hydrogen) atoms. The van der Waals surface area contributed by atoms with E-state index in [0.29, 0.717) is 5.69 Å². The van der Waals surface area contributed by atoms with Crippen LogP contribution in [0.1, 0.15) is 16.1 Å². The summed E-state index contributed by atoms with van der Waals surface area (Å²) in [5.41, 5.74) is 2.07. The summed E-state index contributed by atoms with van der Waals surface area (Å²) in [6, 6.07) is 7.65. The van der Waals surface area contributed by atoms with Gasteiger partial charge >= 0.3 is 0 Å². The fourth-order valence-electron chi connectivity index (χ4n) is 1.71. The number of hydrogen-bond donors (Lipinski definition) is 1. The molecule has 2 rings (SSSR count). The van der Waals surface area contributed by atoms with Crippen LogP contribution in [0.5, 0.6) is 0 Å². The third-order valence-corrected chi connectivity index (χ3v) is 2.73. The van der Waals surface area contributed by atoms with E-state index < -0.39 is 0 Å². The lowest BCUT2D eigenvalue weighted by Gasteiger charge is -2.10. The Bertz CT molecular complexity index is 598. The Morgan fingerprint density at radius 1 is 1.25 bits per heavy atom. The molecule has 0 saturated carbocycles. The molecule has 1 aromatic heterocycles. The average Bonchev–Trinajstić information content (AvgIpc) is 2.40. The number of anilines is 1. The van der Waals surface area contributed by atoms with Gasteiger partial charge < -0.3 is 10.2 Å². The van der Waals surface area contributed by atoms with Crippen LogP contribution in [0.4, 0.5) is 5.69 Å². The predicted molar refractivity (Wildman–Crippen MR) is 78.8 cm³/mol. The first-order valence-electron chi connectivity index (χ1n) is 6.07. The molecular formula is C14H15ClN4O. The van der Waals surface area contributed by atoms with E-state index in [-0.39, 0.29) is 16.8 Å². The van der Waals surface area contributed by atoms with Crippen LogP contribution in [0.3, 0.4) is 0 Å². The van der Waals surface area contributed by atoms with Crippen molar-refractivity contribution in [2.45, 2.75) is 6.54 Å². The molecule has 0 radical (unpaired) electrons. The smallest absolute Gasteiger partial charge is 0.275 e. The minimum absolute atomic E-state index is 0.190. The van der Waals surface area contributed by atoms with Gasteiger partial charge in [0.15, 0.2) is 0 Å². The van der Waals surface area contributed by atoms with Crippen LogP contribution in [0, 0.1) is 0 Å². The second-order valence-electron chi connectivity index (χ2n) is 4.62. The molecule has 0 fully saturated rings. The molecule has 0 bridgehead atoms. The summed E-state index contributed by atoms with van der Waals surface area (Å²) in [5, 5.41) is 2.95. The minimum Gasteiger partial charge on any atom is -0.321 e. The third kappa shape index (κ3) is 4.01. The Kier molecular flexibility index (Phi) is 4.65. The van der Waals surface area contributed by atoms with E-state index in [4.69, 9.17) is 11.6 Å². The molecule has 1 N–H and O–H groups in total. The van der Waals surface area contributed by atoms with E-state index in [1.54, 1.807) is 0 Å². The maximum Gasteiger partial charge on any atom is 0.275 e. The maximum absolute atomic E-state index is 11.9. The van der Waals surface area contributed by atoms with Crippen LogP contribution >= 0.6 is 11.6 Å². The summed E-state index contributed by atoms with van der Waals surface area (Å²) in [5.74, 6) is -0.333. The van der Waals surface area contributed by atoms with E-state index in [1.165, 1.54) is 18.0 Å². The largest absolute Gasteiger partial charge is 0.321 e. The van der Waals surface area contributed by atoms with Crippen molar-refractivity contribution in [3.05, 3.63) is 53.1 Å². The number of nitrogens with one attached hydrogen (secondary N) is 1. The van der Waals surface area contributed by atoms with Crippen LogP contribution < -0.4 is 5.32 Å². The number of rotatable bonds is 4. The van der Waals surface area contributed by atoms with Gasteiger partial charge in [-0.15, -0.1) is 0 Å². The lowest BCUT2D eigenvalue weighted by molar-refractivity contribution is 0.102. The van der Waals surface area contributed by atoms with E-state index in [0.717, 1.165) is 6.54 Å². The van der Waals surface area contributed by atoms with Crippen molar-refractivity contribution < 1.29 is 4.79 Å². The van der Waals surface area contributed by atoms with Gasteiger partial charge in [0.2, 0.25) is 0 Å². The number of carbonyl (C=O) groups excluding carboxylic acids is 1. The Hall–Kier alpha value is -1.98. The first-order chi connectivity index (χ1) is 9.54. The summed E-state index contributed by atoms with van der Waals surface area (Å²) < 4.78 is 0. The number of nitrogens with zero attached hydrogens (tertiary/aromatic N) is 3. The van der Waals surface area contributed by atoms with Gasteiger partial charge in [0.25, 0.3) is 5.91 Å². The molecule has 0 atom stereocenters. The van der Waals surface area contributed by atoms with Crippen LogP contribution in [-0.2, 0) is 6.54 Å².